The van der Waals surface area contributed by atoms with Gasteiger partial charge in [-0.2, -0.15) is 4.98 Å². The number of nitrogens with zero attached hydrogens (tertiary/aromatic N) is 2. The zero-order valence-electron chi connectivity index (χ0n) is 11.6. The highest BCUT2D eigenvalue weighted by Crippen LogP contribution is 2.24. The van der Waals surface area contributed by atoms with Crippen LogP contribution in [0.2, 0.25) is 0 Å². The van der Waals surface area contributed by atoms with Crippen LogP contribution < -0.4 is 4.74 Å². The van der Waals surface area contributed by atoms with E-state index >= 15 is 0 Å². The Labute approximate surface area is 121 Å². The van der Waals surface area contributed by atoms with Gasteiger partial charge in [0.1, 0.15) is 5.69 Å². The van der Waals surface area contributed by atoms with E-state index in [1.165, 1.54) is 17.4 Å². The quantitative estimate of drug-likeness (QED) is 0.628. The predicted octanol–water partition coefficient (Wildman–Crippen LogP) is 3.31. The second kappa shape index (κ2) is 6.56. The number of fused-ring (bicyclic) bond motifs is 1. The van der Waals surface area contributed by atoms with E-state index in [0.29, 0.717) is 24.1 Å². The fourth-order valence-electron chi connectivity index (χ4n) is 1.85. The molecule has 0 radical (unpaired) electrons. The monoisotopic (exact) mass is 294 g/mol. The Bertz CT molecular complexity index is 613. The largest absolute Gasteiger partial charge is 0.478 e. The molecule has 2 heterocycles. The highest BCUT2D eigenvalue weighted by atomic mass is 32.1. The minimum absolute atomic E-state index is 0.498. The summed E-state index contributed by atoms with van der Waals surface area (Å²) in [7, 11) is 0. The van der Waals surface area contributed by atoms with Crippen LogP contribution in [0.1, 0.15) is 32.4 Å². The first-order valence-electron chi connectivity index (χ1n) is 6.57. The number of carboxylic acids is 1. The average molecular weight is 294 g/mol. The standard InChI is InChI=1S/C14H18N2O3S/c1-10(2)4-3-8-19-13-11(5-6-12(17)18)16-7-9-20-14(16)15-13/h5-7,9-10H,3-4,8H2,1-2H3,(H,17,18). The predicted molar refractivity (Wildman–Crippen MR) is 79.3 cm³/mol. The molecule has 2 aromatic heterocycles. The number of rotatable bonds is 7. The normalized spacial score (nSPS) is 11.8. The molecule has 0 fully saturated rings. The Morgan fingerprint density at radius 2 is 2.40 bits per heavy atom. The van der Waals surface area contributed by atoms with Gasteiger partial charge in [0.2, 0.25) is 5.88 Å². The number of aromatic nitrogens is 2. The van der Waals surface area contributed by atoms with Gasteiger partial charge in [0.05, 0.1) is 6.61 Å². The van der Waals surface area contributed by atoms with Crippen molar-refractivity contribution in [2.75, 3.05) is 6.61 Å². The van der Waals surface area contributed by atoms with Crippen molar-refractivity contribution in [3.05, 3.63) is 23.3 Å². The van der Waals surface area contributed by atoms with Crippen LogP contribution in [0.3, 0.4) is 0 Å². The number of thiazole rings is 1. The molecule has 5 nitrogen and oxygen atoms in total. The first kappa shape index (κ1) is 14.6. The Hall–Kier alpha value is -1.82. The summed E-state index contributed by atoms with van der Waals surface area (Å²) in [5.74, 6) is 0.162. The molecule has 0 bridgehead atoms. The molecule has 0 atom stereocenters. The van der Waals surface area contributed by atoms with Gasteiger partial charge >= 0.3 is 5.97 Å². The molecular weight excluding hydrogens is 276 g/mol. The van der Waals surface area contributed by atoms with Gasteiger partial charge in [-0.15, -0.1) is 11.3 Å². The summed E-state index contributed by atoms with van der Waals surface area (Å²) in [5, 5.41) is 10.7. The molecule has 20 heavy (non-hydrogen) atoms. The molecule has 108 valence electrons. The maximum absolute atomic E-state index is 10.7. The highest BCUT2D eigenvalue weighted by Gasteiger charge is 2.12. The first-order chi connectivity index (χ1) is 9.58. The second-order valence-corrected chi connectivity index (χ2v) is 5.79. The number of imidazole rings is 1. The zero-order valence-corrected chi connectivity index (χ0v) is 12.4. The van der Waals surface area contributed by atoms with Gasteiger partial charge in [-0.25, -0.2) is 4.79 Å². The van der Waals surface area contributed by atoms with Crippen LogP contribution in [0.5, 0.6) is 5.88 Å². The molecule has 0 saturated carbocycles. The average Bonchev–Trinajstić information content (AvgIpc) is 2.92. The van der Waals surface area contributed by atoms with Crippen LogP contribution in [0, 0.1) is 5.92 Å². The summed E-state index contributed by atoms with van der Waals surface area (Å²) >= 11 is 1.49. The van der Waals surface area contributed by atoms with Crippen LogP contribution in [-0.4, -0.2) is 27.1 Å². The van der Waals surface area contributed by atoms with Crippen molar-refractivity contribution in [3.63, 3.8) is 0 Å². The highest BCUT2D eigenvalue weighted by molar-refractivity contribution is 7.15. The Kier molecular flexibility index (Phi) is 4.79. The van der Waals surface area contributed by atoms with E-state index < -0.39 is 5.97 Å². The SMILES string of the molecule is CC(C)CCCOc1nc2sccn2c1C=CC(=O)O. The van der Waals surface area contributed by atoms with Crippen molar-refractivity contribution in [2.45, 2.75) is 26.7 Å². The van der Waals surface area contributed by atoms with Crippen LogP contribution in [0.25, 0.3) is 11.0 Å². The number of carboxylic acid groups (broad SMARTS) is 1. The van der Waals surface area contributed by atoms with E-state index in [0.717, 1.165) is 23.9 Å². The summed E-state index contributed by atoms with van der Waals surface area (Å²) in [6.45, 7) is 4.94. The minimum atomic E-state index is -0.985. The Morgan fingerprint density at radius 1 is 1.60 bits per heavy atom. The van der Waals surface area contributed by atoms with Gasteiger partial charge < -0.3 is 9.84 Å². The number of aliphatic carboxylic acids is 1. The smallest absolute Gasteiger partial charge is 0.328 e. The van der Waals surface area contributed by atoms with Crippen LogP contribution in [0.15, 0.2) is 17.7 Å². The lowest BCUT2D eigenvalue weighted by atomic mass is 10.1. The van der Waals surface area contributed by atoms with E-state index in [9.17, 15) is 4.79 Å². The fraction of sp³-hybridized carbons (Fsp3) is 0.429. The topological polar surface area (TPSA) is 63.8 Å². The lowest BCUT2D eigenvalue weighted by molar-refractivity contribution is -0.131. The van der Waals surface area contributed by atoms with Gasteiger partial charge in [0, 0.05) is 17.7 Å². The third kappa shape index (κ3) is 3.60. The van der Waals surface area contributed by atoms with Crippen molar-refractivity contribution in [1.29, 1.82) is 0 Å². The van der Waals surface area contributed by atoms with Gasteiger partial charge in [-0.05, 0) is 24.8 Å². The fourth-order valence-corrected chi connectivity index (χ4v) is 2.56. The maximum Gasteiger partial charge on any atom is 0.328 e. The molecule has 2 rings (SSSR count). The molecule has 6 heteroatoms. The molecule has 0 spiro atoms. The molecule has 0 unspecified atom stereocenters. The lowest BCUT2D eigenvalue weighted by Gasteiger charge is -2.06. The molecule has 0 aliphatic heterocycles. The summed E-state index contributed by atoms with van der Waals surface area (Å²) in [5.41, 5.74) is 0.674. The van der Waals surface area contributed by atoms with Crippen LogP contribution in [0.4, 0.5) is 0 Å². The molecule has 0 aliphatic rings. The minimum Gasteiger partial charge on any atom is -0.478 e. The Balaban J connectivity index is 2.12. The third-order valence-corrected chi connectivity index (χ3v) is 3.57. The lowest BCUT2D eigenvalue weighted by Crippen LogP contribution is -2.01. The maximum atomic E-state index is 10.7. The molecule has 0 saturated heterocycles. The number of ether oxygens (including phenoxy) is 1. The van der Waals surface area contributed by atoms with Gasteiger partial charge in [0.15, 0.2) is 4.96 Å². The third-order valence-electron chi connectivity index (χ3n) is 2.81. The summed E-state index contributed by atoms with van der Waals surface area (Å²) in [4.78, 5) is 15.8. The summed E-state index contributed by atoms with van der Waals surface area (Å²) in [6, 6.07) is 0. The zero-order chi connectivity index (χ0) is 14.5. The van der Waals surface area contributed by atoms with Crippen molar-refractivity contribution in [2.24, 2.45) is 5.92 Å². The summed E-state index contributed by atoms with van der Waals surface area (Å²) < 4.78 is 7.53. The molecule has 0 amide bonds. The van der Waals surface area contributed by atoms with Gasteiger partial charge in [-0.1, -0.05) is 13.8 Å². The van der Waals surface area contributed by atoms with E-state index in [1.54, 1.807) is 0 Å². The van der Waals surface area contributed by atoms with Crippen molar-refractivity contribution in [3.8, 4) is 5.88 Å². The van der Waals surface area contributed by atoms with E-state index in [2.05, 4.69) is 18.8 Å². The number of hydrogen-bond acceptors (Lipinski definition) is 4. The summed E-state index contributed by atoms with van der Waals surface area (Å²) in [6.07, 6.45) is 6.54. The van der Waals surface area contributed by atoms with Crippen molar-refractivity contribution < 1.29 is 14.6 Å². The van der Waals surface area contributed by atoms with Crippen molar-refractivity contribution in [1.82, 2.24) is 9.38 Å². The molecule has 0 aromatic carbocycles. The second-order valence-electron chi connectivity index (χ2n) is 4.91. The van der Waals surface area contributed by atoms with Crippen LogP contribution in [-0.2, 0) is 4.79 Å². The first-order valence-corrected chi connectivity index (χ1v) is 7.45. The molecule has 0 aliphatic carbocycles. The van der Waals surface area contributed by atoms with E-state index in [1.807, 2.05) is 16.0 Å². The van der Waals surface area contributed by atoms with Crippen molar-refractivity contribution >= 4 is 28.3 Å². The van der Waals surface area contributed by atoms with Gasteiger partial charge in [-0.3, -0.25) is 4.40 Å². The number of carbonyl (C=O) groups is 1. The Morgan fingerprint density at radius 3 is 3.10 bits per heavy atom. The molecular formula is C14H18N2O3S. The molecule has 1 N–H and O–H groups in total. The van der Waals surface area contributed by atoms with E-state index in [-0.39, 0.29) is 0 Å². The molecule has 2 aromatic rings. The van der Waals surface area contributed by atoms with Crippen LogP contribution >= 0.6 is 11.3 Å². The van der Waals surface area contributed by atoms with E-state index in [4.69, 9.17) is 9.84 Å². The number of hydrogen-bond donors (Lipinski definition) is 1. The van der Waals surface area contributed by atoms with Gasteiger partial charge in [0.25, 0.3) is 0 Å².